The lowest BCUT2D eigenvalue weighted by atomic mass is 10.0. The number of aryl methyl sites for hydroxylation is 1. The number of halogens is 1. The lowest BCUT2D eigenvalue weighted by Crippen LogP contribution is -2.14. The number of anilines is 1. The van der Waals surface area contributed by atoms with Crippen molar-refractivity contribution in [3.8, 4) is 11.8 Å². The first-order valence-electron chi connectivity index (χ1n) is 6.38. The Balaban J connectivity index is 2.33. The second kappa shape index (κ2) is 6.69. The Morgan fingerprint density at radius 2 is 2.05 bits per heavy atom. The molecule has 0 saturated carbocycles. The van der Waals surface area contributed by atoms with E-state index in [1.54, 1.807) is 30.3 Å². The van der Waals surface area contributed by atoms with Gasteiger partial charge in [0.15, 0.2) is 0 Å². The average molecular weight is 283 g/mol. The number of hydrogen-bond acceptors (Lipinski definition) is 2. The third kappa shape index (κ3) is 3.68. The van der Waals surface area contributed by atoms with Crippen molar-refractivity contribution < 1.29 is 14.3 Å². The minimum atomic E-state index is -0.499. The molecule has 3 nitrogen and oxygen atoms in total. The van der Waals surface area contributed by atoms with Crippen LogP contribution < -0.4 is 5.32 Å². The van der Waals surface area contributed by atoms with Crippen LogP contribution in [0.2, 0.25) is 0 Å². The van der Waals surface area contributed by atoms with Crippen LogP contribution in [-0.4, -0.2) is 17.6 Å². The number of benzene rings is 2. The summed E-state index contributed by atoms with van der Waals surface area (Å²) >= 11 is 0. The largest absolute Gasteiger partial charge is 0.384 e. The molecule has 4 heteroatoms. The molecular weight excluding hydrogens is 269 g/mol. The van der Waals surface area contributed by atoms with E-state index in [1.807, 2.05) is 6.92 Å². The summed E-state index contributed by atoms with van der Waals surface area (Å²) < 4.78 is 13.6. The number of carbonyl (C=O) groups excluding carboxylic acids is 1. The van der Waals surface area contributed by atoms with Gasteiger partial charge in [0.25, 0.3) is 5.91 Å². The Hall–Kier alpha value is -2.64. The van der Waals surface area contributed by atoms with Crippen LogP contribution in [-0.2, 0) is 0 Å². The fraction of sp³-hybridized carbons (Fsp3) is 0.118. The van der Waals surface area contributed by atoms with Gasteiger partial charge in [-0.15, -0.1) is 0 Å². The molecular formula is C17H14FNO2. The fourth-order valence-electron chi connectivity index (χ4n) is 1.85. The second-order valence-electron chi connectivity index (χ2n) is 4.44. The third-order valence-corrected chi connectivity index (χ3v) is 2.84. The molecule has 2 aromatic carbocycles. The molecule has 0 aliphatic rings. The van der Waals surface area contributed by atoms with E-state index < -0.39 is 11.7 Å². The van der Waals surface area contributed by atoms with Gasteiger partial charge < -0.3 is 10.4 Å². The number of rotatable bonds is 2. The van der Waals surface area contributed by atoms with Crippen LogP contribution >= 0.6 is 0 Å². The molecule has 0 spiro atoms. The molecule has 0 saturated heterocycles. The van der Waals surface area contributed by atoms with Crippen LogP contribution in [0.1, 0.15) is 21.5 Å². The van der Waals surface area contributed by atoms with Gasteiger partial charge >= 0.3 is 0 Å². The summed E-state index contributed by atoms with van der Waals surface area (Å²) in [7, 11) is 0. The quantitative estimate of drug-likeness (QED) is 0.833. The van der Waals surface area contributed by atoms with Crippen LogP contribution in [0, 0.1) is 24.6 Å². The Labute approximate surface area is 122 Å². The first kappa shape index (κ1) is 14.8. The van der Waals surface area contributed by atoms with E-state index in [-0.39, 0.29) is 12.3 Å². The molecule has 21 heavy (non-hydrogen) atoms. The van der Waals surface area contributed by atoms with Crippen LogP contribution in [0.3, 0.4) is 0 Å². The van der Waals surface area contributed by atoms with Crippen LogP contribution in [0.25, 0.3) is 0 Å². The Bertz CT molecular complexity index is 729. The monoisotopic (exact) mass is 283 g/mol. The number of nitrogens with one attached hydrogen (secondary N) is 1. The van der Waals surface area contributed by atoms with Gasteiger partial charge in [-0.1, -0.05) is 30.0 Å². The number of aliphatic hydroxyl groups excluding tert-OH is 1. The maximum Gasteiger partial charge on any atom is 0.257 e. The second-order valence-corrected chi connectivity index (χ2v) is 4.44. The minimum absolute atomic E-state index is 0.115. The van der Waals surface area contributed by atoms with Gasteiger partial charge in [0.1, 0.15) is 12.4 Å². The molecule has 0 atom stereocenters. The summed E-state index contributed by atoms with van der Waals surface area (Å²) in [6.45, 7) is 1.59. The molecule has 0 aliphatic carbocycles. The predicted molar refractivity (Wildman–Crippen MR) is 79.5 cm³/mol. The average Bonchev–Trinajstić information content (AvgIpc) is 2.47. The van der Waals surface area contributed by atoms with E-state index in [0.29, 0.717) is 11.1 Å². The van der Waals surface area contributed by atoms with E-state index in [0.717, 1.165) is 5.56 Å². The van der Waals surface area contributed by atoms with Gasteiger partial charge in [0.05, 0.1) is 11.3 Å². The van der Waals surface area contributed by atoms with Crippen molar-refractivity contribution in [3.05, 3.63) is 65.0 Å². The SMILES string of the molecule is Cc1ccc(C(=O)Nc2ccccc2F)c(C#CCO)c1. The first-order valence-corrected chi connectivity index (χ1v) is 6.38. The fourth-order valence-corrected chi connectivity index (χ4v) is 1.85. The Kier molecular flexibility index (Phi) is 4.70. The molecule has 106 valence electrons. The summed E-state index contributed by atoms with van der Waals surface area (Å²) in [4.78, 5) is 12.3. The van der Waals surface area contributed by atoms with Crippen molar-refractivity contribution in [1.29, 1.82) is 0 Å². The molecule has 0 aromatic heterocycles. The molecule has 2 aromatic rings. The topological polar surface area (TPSA) is 49.3 Å². The maximum absolute atomic E-state index is 13.6. The lowest BCUT2D eigenvalue weighted by Gasteiger charge is -2.08. The standard InChI is InChI=1S/C17H14FNO2/c1-12-8-9-14(13(11-12)5-4-10-20)17(21)19-16-7-3-2-6-15(16)18/h2-3,6-9,11,20H,10H2,1H3,(H,19,21). The molecule has 2 rings (SSSR count). The molecule has 0 aliphatic heterocycles. The number of aliphatic hydroxyl groups is 1. The zero-order valence-electron chi connectivity index (χ0n) is 11.5. The summed E-state index contributed by atoms with van der Waals surface area (Å²) in [5.74, 6) is 4.30. The van der Waals surface area contributed by atoms with E-state index in [1.165, 1.54) is 12.1 Å². The number of amides is 1. The Morgan fingerprint density at radius 3 is 2.76 bits per heavy atom. The van der Waals surface area contributed by atoms with Crippen molar-refractivity contribution in [1.82, 2.24) is 0 Å². The van der Waals surface area contributed by atoms with Gasteiger partial charge in [-0.2, -0.15) is 0 Å². The summed E-state index contributed by atoms with van der Waals surface area (Å²) in [5.41, 5.74) is 1.89. The van der Waals surface area contributed by atoms with Crippen molar-refractivity contribution in [3.63, 3.8) is 0 Å². The number of hydrogen-bond donors (Lipinski definition) is 2. The molecule has 0 heterocycles. The van der Waals surface area contributed by atoms with Crippen LogP contribution in [0.5, 0.6) is 0 Å². The zero-order chi connectivity index (χ0) is 15.2. The lowest BCUT2D eigenvalue weighted by molar-refractivity contribution is 0.102. The third-order valence-electron chi connectivity index (χ3n) is 2.84. The number of para-hydroxylation sites is 1. The van der Waals surface area contributed by atoms with E-state index in [2.05, 4.69) is 17.2 Å². The van der Waals surface area contributed by atoms with Gasteiger partial charge in [0.2, 0.25) is 0 Å². The first-order chi connectivity index (χ1) is 10.1. The highest BCUT2D eigenvalue weighted by molar-refractivity contribution is 6.06. The molecule has 1 amide bonds. The van der Waals surface area contributed by atoms with Gasteiger partial charge in [-0.05, 0) is 36.8 Å². The van der Waals surface area contributed by atoms with Crippen molar-refractivity contribution in [2.75, 3.05) is 11.9 Å². The molecule has 0 fully saturated rings. The van der Waals surface area contributed by atoms with Crippen molar-refractivity contribution in [2.24, 2.45) is 0 Å². The van der Waals surface area contributed by atoms with Crippen molar-refractivity contribution in [2.45, 2.75) is 6.92 Å². The zero-order valence-corrected chi connectivity index (χ0v) is 11.5. The highest BCUT2D eigenvalue weighted by Gasteiger charge is 2.12. The van der Waals surface area contributed by atoms with Gasteiger partial charge in [-0.3, -0.25) is 4.79 Å². The predicted octanol–water partition coefficient (Wildman–Crippen LogP) is 2.73. The molecule has 2 N–H and O–H groups in total. The maximum atomic E-state index is 13.6. The minimum Gasteiger partial charge on any atom is -0.384 e. The number of carbonyl (C=O) groups is 1. The molecule has 0 radical (unpaired) electrons. The highest BCUT2D eigenvalue weighted by Crippen LogP contribution is 2.16. The van der Waals surface area contributed by atoms with Crippen LogP contribution in [0.15, 0.2) is 42.5 Å². The van der Waals surface area contributed by atoms with E-state index in [4.69, 9.17) is 5.11 Å². The molecule has 0 unspecified atom stereocenters. The highest BCUT2D eigenvalue weighted by atomic mass is 19.1. The summed E-state index contributed by atoms with van der Waals surface area (Å²) in [6, 6.07) is 11.1. The van der Waals surface area contributed by atoms with E-state index in [9.17, 15) is 9.18 Å². The summed E-state index contributed by atoms with van der Waals surface area (Å²) in [5, 5.41) is 11.3. The smallest absolute Gasteiger partial charge is 0.257 e. The normalized spacial score (nSPS) is 9.67. The molecule has 0 bridgehead atoms. The van der Waals surface area contributed by atoms with Crippen molar-refractivity contribution >= 4 is 11.6 Å². The van der Waals surface area contributed by atoms with E-state index >= 15 is 0 Å². The summed E-state index contributed by atoms with van der Waals surface area (Å²) in [6.07, 6.45) is 0. The Morgan fingerprint density at radius 1 is 1.29 bits per heavy atom. The van der Waals surface area contributed by atoms with Crippen LogP contribution in [0.4, 0.5) is 10.1 Å². The van der Waals surface area contributed by atoms with Gasteiger partial charge in [-0.25, -0.2) is 4.39 Å². The van der Waals surface area contributed by atoms with Gasteiger partial charge in [0, 0.05) is 5.56 Å².